The molecule has 0 fully saturated rings. The maximum absolute atomic E-state index is 12.0. The molecule has 0 unspecified atom stereocenters. The standard InChI is InChI=1S/C21H23N3O4/c1-26-17-7-3-15(4-8-17)13-14-22-19(25)11-12-20-23-24-21(28-20)16-5-9-18(27-2)10-6-16/h3-10H,11-14H2,1-2H3,(H,22,25). The first-order valence-corrected chi connectivity index (χ1v) is 9.04. The van der Waals surface area contributed by atoms with Crippen molar-refractivity contribution >= 4 is 5.91 Å². The summed E-state index contributed by atoms with van der Waals surface area (Å²) < 4.78 is 15.9. The summed E-state index contributed by atoms with van der Waals surface area (Å²) in [4.78, 5) is 12.0. The van der Waals surface area contributed by atoms with E-state index in [1.807, 2.05) is 48.5 Å². The number of benzene rings is 2. The molecule has 0 saturated carbocycles. The highest BCUT2D eigenvalue weighted by atomic mass is 16.5. The molecule has 0 bridgehead atoms. The highest BCUT2D eigenvalue weighted by Crippen LogP contribution is 2.21. The molecule has 0 spiro atoms. The summed E-state index contributed by atoms with van der Waals surface area (Å²) in [6, 6.07) is 15.2. The third kappa shape index (κ3) is 5.33. The Hall–Kier alpha value is -3.35. The summed E-state index contributed by atoms with van der Waals surface area (Å²) >= 11 is 0. The zero-order valence-corrected chi connectivity index (χ0v) is 16.0. The Bertz CT molecular complexity index is 889. The van der Waals surface area contributed by atoms with E-state index in [1.165, 1.54) is 0 Å². The summed E-state index contributed by atoms with van der Waals surface area (Å²) in [6.45, 7) is 0.575. The van der Waals surface area contributed by atoms with E-state index in [0.717, 1.165) is 29.0 Å². The van der Waals surface area contributed by atoms with Gasteiger partial charge in [0, 0.05) is 24.9 Å². The van der Waals surface area contributed by atoms with Crippen LogP contribution in [0.4, 0.5) is 0 Å². The molecule has 1 N–H and O–H groups in total. The van der Waals surface area contributed by atoms with Gasteiger partial charge < -0.3 is 19.2 Å². The van der Waals surface area contributed by atoms with Gasteiger partial charge in [0.15, 0.2) is 0 Å². The Morgan fingerprint density at radius 3 is 2.21 bits per heavy atom. The fourth-order valence-electron chi connectivity index (χ4n) is 2.65. The first-order valence-electron chi connectivity index (χ1n) is 9.04. The van der Waals surface area contributed by atoms with Gasteiger partial charge in [0.1, 0.15) is 11.5 Å². The van der Waals surface area contributed by atoms with Crippen molar-refractivity contribution in [1.29, 1.82) is 0 Å². The quantitative estimate of drug-likeness (QED) is 0.613. The van der Waals surface area contributed by atoms with E-state index < -0.39 is 0 Å². The minimum atomic E-state index is -0.0438. The van der Waals surface area contributed by atoms with Gasteiger partial charge in [-0.15, -0.1) is 10.2 Å². The van der Waals surface area contributed by atoms with E-state index in [-0.39, 0.29) is 5.91 Å². The van der Waals surface area contributed by atoms with E-state index in [4.69, 9.17) is 13.9 Å². The van der Waals surface area contributed by atoms with Crippen LogP contribution in [0.3, 0.4) is 0 Å². The molecule has 28 heavy (non-hydrogen) atoms. The monoisotopic (exact) mass is 381 g/mol. The number of ether oxygens (including phenoxy) is 2. The third-order valence-corrected chi connectivity index (χ3v) is 4.26. The number of nitrogens with zero attached hydrogens (tertiary/aromatic N) is 2. The van der Waals surface area contributed by atoms with E-state index in [0.29, 0.717) is 31.2 Å². The second kappa shape index (κ2) is 9.55. The molecule has 3 rings (SSSR count). The van der Waals surface area contributed by atoms with Crippen LogP contribution in [0.25, 0.3) is 11.5 Å². The molecule has 146 valence electrons. The number of hydrogen-bond acceptors (Lipinski definition) is 6. The second-order valence-corrected chi connectivity index (χ2v) is 6.18. The van der Waals surface area contributed by atoms with Gasteiger partial charge in [0.2, 0.25) is 17.7 Å². The van der Waals surface area contributed by atoms with Crippen LogP contribution >= 0.6 is 0 Å². The van der Waals surface area contributed by atoms with Crippen LogP contribution in [0.2, 0.25) is 0 Å². The molecule has 7 nitrogen and oxygen atoms in total. The van der Waals surface area contributed by atoms with Gasteiger partial charge in [-0.2, -0.15) is 0 Å². The number of aromatic nitrogens is 2. The summed E-state index contributed by atoms with van der Waals surface area (Å²) in [7, 11) is 3.25. The fourth-order valence-corrected chi connectivity index (χ4v) is 2.65. The zero-order valence-electron chi connectivity index (χ0n) is 16.0. The highest BCUT2D eigenvalue weighted by Gasteiger charge is 2.10. The number of nitrogens with one attached hydrogen (secondary N) is 1. The Morgan fingerprint density at radius 1 is 0.929 bits per heavy atom. The lowest BCUT2D eigenvalue weighted by atomic mass is 10.1. The van der Waals surface area contributed by atoms with Gasteiger partial charge in [0.25, 0.3) is 0 Å². The van der Waals surface area contributed by atoms with Gasteiger partial charge in [-0.1, -0.05) is 12.1 Å². The molecule has 2 aromatic carbocycles. The van der Waals surface area contributed by atoms with Gasteiger partial charge in [-0.05, 0) is 48.4 Å². The molecule has 1 heterocycles. The molecule has 0 radical (unpaired) electrons. The molecule has 0 saturated heterocycles. The number of aryl methyl sites for hydroxylation is 1. The van der Waals surface area contributed by atoms with E-state index in [9.17, 15) is 4.79 Å². The predicted octanol–water partition coefficient (Wildman–Crippen LogP) is 3.05. The van der Waals surface area contributed by atoms with Gasteiger partial charge in [-0.25, -0.2) is 0 Å². The largest absolute Gasteiger partial charge is 0.497 e. The number of methoxy groups -OCH3 is 2. The Kier molecular flexibility index (Phi) is 6.62. The van der Waals surface area contributed by atoms with E-state index in [1.54, 1.807) is 14.2 Å². The minimum absolute atomic E-state index is 0.0438. The third-order valence-electron chi connectivity index (χ3n) is 4.26. The minimum Gasteiger partial charge on any atom is -0.497 e. The lowest BCUT2D eigenvalue weighted by Gasteiger charge is -2.05. The first kappa shape index (κ1) is 19.4. The second-order valence-electron chi connectivity index (χ2n) is 6.18. The summed E-state index contributed by atoms with van der Waals surface area (Å²) in [5, 5.41) is 11.0. The molecule has 1 amide bonds. The summed E-state index contributed by atoms with van der Waals surface area (Å²) in [6.07, 6.45) is 1.46. The highest BCUT2D eigenvalue weighted by molar-refractivity contribution is 5.76. The smallest absolute Gasteiger partial charge is 0.247 e. The Morgan fingerprint density at radius 2 is 1.57 bits per heavy atom. The van der Waals surface area contributed by atoms with Crippen LogP contribution in [-0.4, -0.2) is 36.9 Å². The topological polar surface area (TPSA) is 86.5 Å². The average Bonchev–Trinajstić information content (AvgIpc) is 3.22. The molecule has 0 aliphatic rings. The van der Waals surface area contributed by atoms with Crippen molar-refractivity contribution in [2.24, 2.45) is 0 Å². The fraction of sp³-hybridized carbons (Fsp3) is 0.286. The lowest BCUT2D eigenvalue weighted by Crippen LogP contribution is -2.25. The van der Waals surface area contributed by atoms with Gasteiger partial charge >= 0.3 is 0 Å². The Labute approximate surface area is 163 Å². The molecule has 0 atom stereocenters. The van der Waals surface area contributed by atoms with E-state index >= 15 is 0 Å². The number of rotatable bonds is 9. The van der Waals surface area contributed by atoms with Gasteiger partial charge in [0.05, 0.1) is 14.2 Å². The molecule has 0 aliphatic carbocycles. The Balaban J connectivity index is 1.42. The van der Waals surface area contributed by atoms with Crippen molar-refractivity contribution in [3.63, 3.8) is 0 Å². The molecule has 1 aromatic heterocycles. The zero-order chi connectivity index (χ0) is 19.8. The SMILES string of the molecule is COc1ccc(CCNC(=O)CCc2nnc(-c3ccc(OC)cc3)o2)cc1. The molecule has 0 aliphatic heterocycles. The van der Waals surface area contributed by atoms with Crippen LogP contribution in [0.5, 0.6) is 11.5 Å². The number of carbonyl (C=O) groups excluding carboxylic acids is 1. The maximum Gasteiger partial charge on any atom is 0.247 e. The van der Waals surface area contributed by atoms with Crippen LogP contribution in [0.1, 0.15) is 17.9 Å². The normalized spacial score (nSPS) is 10.5. The maximum atomic E-state index is 12.0. The van der Waals surface area contributed by atoms with Crippen molar-refractivity contribution in [1.82, 2.24) is 15.5 Å². The first-order chi connectivity index (χ1) is 13.7. The number of hydrogen-bond donors (Lipinski definition) is 1. The molecular weight excluding hydrogens is 358 g/mol. The summed E-state index contributed by atoms with van der Waals surface area (Å²) in [5.74, 6) is 2.41. The van der Waals surface area contributed by atoms with Gasteiger partial charge in [-0.3, -0.25) is 4.79 Å². The molecule has 3 aromatic rings. The number of amides is 1. The van der Waals surface area contributed by atoms with Crippen LogP contribution in [-0.2, 0) is 17.6 Å². The predicted molar refractivity (Wildman–Crippen MR) is 104 cm³/mol. The lowest BCUT2D eigenvalue weighted by molar-refractivity contribution is -0.121. The van der Waals surface area contributed by atoms with Crippen LogP contribution in [0.15, 0.2) is 52.9 Å². The number of carbonyl (C=O) groups is 1. The van der Waals surface area contributed by atoms with Crippen molar-refractivity contribution in [2.75, 3.05) is 20.8 Å². The van der Waals surface area contributed by atoms with E-state index in [2.05, 4.69) is 15.5 Å². The van der Waals surface area contributed by atoms with Crippen LogP contribution < -0.4 is 14.8 Å². The molecule has 7 heteroatoms. The molecular formula is C21H23N3O4. The average molecular weight is 381 g/mol. The van der Waals surface area contributed by atoms with Crippen molar-refractivity contribution in [3.05, 3.63) is 60.0 Å². The van der Waals surface area contributed by atoms with Crippen molar-refractivity contribution in [3.8, 4) is 23.0 Å². The van der Waals surface area contributed by atoms with Crippen molar-refractivity contribution in [2.45, 2.75) is 19.3 Å². The van der Waals surface area contributed by atoms with Crippen LogP contribution in [0, 0.1) is 0 Å². The van der Waals surface area contributed by atoms with Crippen molar-refractivity contribution < 1.29 is 18.7 Å². The summed E-state index contributed by atoms with van der Waals surface area (Å²) in [5.41, 5.74) is 1.95.